The van der Waals surface area contributed by atoms with E-state index < -0.39 is 0 Å². The monoisotopic (exact) mass is 261 g/mol. The minimum atomic E-state index is 0.709. The molecule has 1 aromatic rings. The predicted molar refractivity (Wildman–Crippen MR) is 43.9 cm³/mol. The normalized spacial score (nSPS) is 8.36. The Morgan fingerprint density at radius 2 is 2.18 bits per heavy atom. The fourth-order valence-electron chi connectivity index (χ4n) is 0.742. The Morgan fingerprint density at radius 1 is 1.45 bits per heavy atom. The molecule has 0 atom stereocenters. The van der Waals surface area contributed by atoms with Crippen LogP contribution >= 0.6 is 9.53 Å². The molecule has 64 valence electrons. The zero-order valence-electron chi connectivity index (χ0n) is 6.00. The number of benzene rings is 1. The van der Waals surface area contributed by atoms with Gasteiger partial charge in [0.2, 0.25) is 0 Å². The maximum atomic E-state index is 5.34. The molecule has 11 heavy (non-hydrogen) atoms. The van der Waals surface area contributed by atoms with Gasteiger partial charge in [0.15, 0.2) is 0 Å². The van der Waals surface area contributed by atoms with E-state index in [0.29, 0.717) is 6.54 Å². The number of hydrogen-bond acceptors (Lipinski definition) is 1. The van der Waals surface area contributed by atoms with Gasteiger partial charge in [0.05, 0.1) is 0 Å². The molecule has 1 nitrogen and oxygen atoms in total. The molecular formula is C8H10ClNPd. The molecule has 0 bridgehead atoms. The zero-order chi connectivity index (χ0) is 8.53. The molecule has 0 aliphatic heterocycles. The van der Waals surface area contributed by atoms with Gasteiger partial charge < -0.3 is 5.73 Å². The van der Waals surface area contributed by atoms with E-state index in [1.54, 1.807) is 0 Å². The van der Waals surface area contributed by atoms with Gasteiger partial charge in [-0.3, -0.25) is 0 Å². The molecule has 0 saturated carbocycles. The summed E-state index contributed by atoms with van der Waals surface area (Å²) in [6, 6.07) is 11.0. The molecule has 0 radical (unpaired) electrons. The SMILES string of the molecule is NCCc1[c-]cccc1.[Cl][Pd+]. The summed E-state index contributed by atoms with van der Waals surface area (Å²) in [4.78, 5) is 0. The first kappa shape index (κ1) is 11.1. The van der Waals surface area contributed by atoms with Gasteiger partial charge in [0.1, 0.15) is 0 Å². The van der Waals surface area contributed by atoms with Crippen LogP contribution in [0, 0.1) is 6.07 Å². The van der Waals surface area contributed by atoms with E-state index >= 15 is 0 Å². The summed E-state index contributed by atoms with van der Waals surface area (Å²) in [6.07, 6.45) is 0.931. The molecule has 0 aromatic heterocycles. The second kappa shape index (κ2) is 8.23. The van der Waals surface area contributed by atoms with Crippen LogP contribution < -0.4 is 5.73 Å². The first-order valence-corrected chi connectivity index (χ1v) is 5.21. The van der Waals surface area contributed by atoms with Crippen LogP contribution in [0.25, 0.3) is 0 Å². The van der Waals surface area contributed by atoms with Crippen molar-refractivity contribution in [3.8, 4) is 0 Å². The van der Waals surface area contributed by atoms with Crippen molar-refractivity contribution in [2.45, 2.75) is 6.42 Å². The van der Waals surface area contributed by atoms with Gasteiger partial charge in [-0.15, -0.1) is 0 Å². The first-order valence-electron chi connectivity index (χ1n) is 3.21. The summed E-state index contributed by atoms with van der Waals surface area (Å²) in [7, 11) is 4.49. The van der Waals surface area contributed by atoms with E-state index in [4.69, 9.17) is 5.73 Å². The minimum absolute atomic E-state index is 0.709. The Hall–Kier alpha value is 0.132. The van der Waals surface area contributed by atoms with Crippen LogP contribution in [-0.4, -0.2) is 6.54 Å². The Morgan fingerprint density at radius 3 is 2.64 bits per heavy atom. The van der Waals surface area contributed by atoms with Crippen LogP contribution in [0.3, 0.4) is 0 Å². The van der Waals surface area contributed by atoms with E-state index in [1.807, 2.05) is 24.3 Å². The zero-order valence-corrected chi connectivity index (χ0v) is 8.31. The van der Waals surface area contributed by atoms with Crippen molar-refractivity contribution in [3.63, 3.8) is 0 Å². The number of halogens is 1. The maximum absolute atomic E-state index is 5.34. The fourth-order valence-corrected chi connectivity index (χ4v) is 0.742. The second-order valence-electron chi connectivity index (χ2n) is 1.93. The van der Waals surface area contributed by atoms with Crippen molar-refractivity contribution >= 4 is 9.53 Å². The van der Waals surface area contributed by atoms with Crippen LogP contribution in [0.2, 0.25) is 0 Å². The molecule has 1 rings (SSSR count). The fraction of sp³-hybridized carbons (Fsp3) is 0.250. The van der Waals surface area contributed by atoms with Crippen LogP contribution in [0.1, 0.15) is 5.56 Å². The van der Waals surface area contributed by atoms with Crippen LogP contribution in [-0.2, 0) is 24.6 Å². The van der Waals surface area contributed by atoms with E-state index in [-0.39, 0.29) is 0 Å². The molecule has 1 aromatic carbocycles. The average Bonchev–Trinajstić information content (AvgIpc) is 2.11. The molecule has 0 unspecified atom stereocenters. The van der Waals surface area contributed by atoms with Crippen molar-refractivity contribution in [2.24, 2.45) is 5.73 Å². The summed E-state index contributed by atoms with van der Waals surface area (Å²) < 4.78 is 0. The van der Waals surface area contributed by atoms with E-state index in [1.165, 1.54) is 5.56 Å². The van der Waals surface area contributed by atoms with Crippen LogP contribution in [0.5, 0.6) is 0 Å². The number of hydrogen-bond donors (Lipinski definition) is 1. The van der Waals surface area contributed by atoms with Gasteiger partial charge in [-0.25, -0.2) is 0 Å². The molecule has 0 saturated heterocycles. The van der Waals surface area contributed by atoms with Crippen molar-refractivity contribution in [2.75, 3.05) is 6.54 Å². The van der Waals surface area contributed by atoms with Crippen molar-refractivity contribution < 1.29 is 18.2 Å². The van der Waals surface area contributed by atoms with E-state index in [2.05, 4.69) is 33.8 Å². The third-order valence-corrected chi connectivity index (χ3v) is 1.19. The molecule has 2 N–H and O–H groups in total. The summed E-state index contributed by atoms with van der Waals surface area (Å²) in [5, 5.41) is 0. The van der Waals surface area contributed by atoms with Crippen molar-refractivity contribution in [3.05, 3.63) is 35.9 Å². The number of rotatable bonds is 2. The summed E-state index contributed by atoms with van der Waals surface area (Å²) in [5.74, 6) is 0. The predicted octanol–water partition coefficient (Wildman–Crippen LogP) is 1.67. The molecule has 3 heteroatoms. The van der Waals surface area contributed by atoms with E-state index in [0.717, 1.165) is 6.42 Å². The second-order valence-corrected chi connectivity index (χ2v) is 1.93. The van der Waals surface area contributed by atoms with Crippen LogP contribution in [0.4, 0.5) is 0 Å². The third kappa shape index (κ3) is 5.41. The van der Waals surface area contributed by atoms with Crippen molar-refractivity contribution in [1.82, 2.24) is 0 Å². The molecule has 0 aliphatic carbocycles. The van der Waals surface area contributed by atoms with Gasteiger partial charge >= 0.3 is 27.7 Å². The molecule has 0 fully saturated rings. The van der Waals surface area contributed by atoms with Crippen LogP contribution in [0.15, 0.2) is 24.3 Å². The Labute approximate surface area is 82.3 Å². The van der Waals surface area contributed by atoms with Gasteiger partial charge in [-0.05, 0) is 13.0 Å². The molecule has 0 amide bonds. The molecule has 0 aliphatic rings. The summed E-state index contributed by atoms with van der Waals surface area (Å²) in [6.45, 7) is 0.709. The van der Waals surface area contributed by atoms with E-state index in [9.17, 15) is 0 Å². The van der Waals surface area contributed by atoms with Gasteiger partial charge in [-0.1, -0.05) is 0 Å². The average molecular weight is 262 g/mol. The van der Waals surface area contributed by atoms with Gasteiger partial charge in [-0.2, -0.15) is 35.9 Å². The summed E-state index contributed by atoms with van der Waals surface area (Å²) in [5.41, 5.74) is 6.53. The van der Waals surface area contributed by atoms with Crippen molar-refractivity contribution in [1.29, 1.82) is 0 Å². The Bertz CT molecular complexity index is 167. The van der Waals surface area contributed by atoms with Gasteiger partial charge in [0, 0.05) is 0 Å². The molecular weight excluding hydrogens is 252 g/mol. The topological polar surface area (TPSA) is 26.0 Å². The molecule has 0 spiro atoms. The van der Waals surface area contributed by atoms with Gasteiger partial charge in [0.25, 0.3) is 0 Å². The summed E-state index contributed by atoms with van der Waals surface area (Å²) >= 11 is 2.22. The Balaban J connectivity index is 0.000000461. The molecule has 0 heterocycles. The Kier molecular flexibility index (Phi) is 8.33. The first-order chi connectivity index (χ1) is 5.43. The third-order valence-electron chi connectivity index (χ3n) is 1.19. The quantitative estimate of drug-likeness (QED) is 0.636. The standard InChI is InChI=1S/C8H10N.ClH.Pd/c9-7-6-8-4-2-1-3-5-8;;/h1-4H,6-7,9H2;1H;/q-1;;+2/p-1. The number of nitrogens with two attached hydrogens (primary N) is 1.